The largest absolute Gasteiger partial charge is 0.508 e. The molecule has 80 valence electrons. The number of phenols is 1. The third-order valence-corrected chi connectivity index (χ3v) is 2.70. The predicted molar refractivity (Wildman–Crippen MR) is 62.0 cm³/mol. The highest BCUT2D eigenvalue weighted by atomic mass is 16.3. The first-order valence-corrected chi connectivity index (χ1v) is 5.27. The minimum atomic E-state index is 0.314. The Bertz CT molecular complexity index is 474. The van der Waals surface area contributed by atoms with Gasteiger partial charge in [0, 0.05) is 23.6 Å². The normalized spacial score (nSPS) is 11.1. The van der Waals surface area contributed by atoms with Gasteiger partial charge in [0.1, 0.15) is 5.75 Å². The number of benzene rings is 1. The van der Waals surface area contributed by atoms with E-state index in [1.165, 1.54) is 11.1 Å². The van der Waals surface area contributed by atoms with Crippen molar-refractivity contribution in [3.63, 3.8) is 0 Å². The molecule has 0 amide bonds. The van der Waals surface area contributed by atoms with Gasteiger partial charge >= 0.3 is 0 Å². The number of hydrogen-bond acceptors (Lipinski definition) is 2. The van der Waals surface area contributed by atoms with Crippen molar-refractivity contribution in [2.75, 3.05) is 6.54 Å². The molecule has 0 atom stereocenters. The Labute approximate surface area is 89.1 Å². The molecule has 1 aromatic carbocycles. The number of aryl methyl sites for hydroxylation is 1. The molecule has 2 rings (SSSR count). The van der Waals surface area contributed by atoms with Gasteiger partial charge in [0.05, 0.1) is 0 Å². The molecule has 0 saturated heterocycles. The molecular weight excluding hydrogens is 188 g/mol. The second-order valence-corrected chi connectivity index (χ2v) is 3.68. The second kappa shape index (κ2) is 3.95. The van der Waals surface area contributed by atoms with Crippen molar-refractivity contribution < 1.29 is 5.11 Å². The van der Waals surface area contributed by atoms with Crippen LogP contribution in [0.15, 0.2) is 24.4 Å². The summed E-state index contributed by atoms with van der Waals surface area (Å²) in [4.78, 5) is 0. The number of aromatic nitrogens is 1. The van der Waals surface area contributed by atoms with Gasteiger partial charge in [-0.3, -0.25) is 0 Å². The molecule has 0 aliphatic heterocycles. The number of phenolic OH excluding ortho intramolecular Hbond substituents is 1. The Hall–Kier alpha value is -1.48. The van der Waals surface area contributed by atoms with Gasteiger partial charge in [0.2, 0.25) is 0 Å². The van der Waals surface area contributed by atoms with Crippen molar-refractivity contribution in [1.29, 1.82) is 0 Å². The third-order valence-electron chi connectivity index (χ3n) is 2.70. The zero-order chi connectivity index (χ0) is 10.8. The summed E-state index contributed by atoms with van der Waals surface area (Å²) in [5, 5.41) is 10.6. The Morgan fingerprint density at radius 1 is 1.40 bits per heavy atom. The quantitative estimate of drug-likeness (QED) is 0.801. The molecule has 1 aromatic heterocycles. The van der Waals surface area contributed by atoms with Crippen LogP contribution >= 0.6 is 0 Å². The fourth-order valence-corrected chi connectivity index (χ4v) is 1.98. The minimum Gasteiger partial charge on any atom is -0.508 e. The van der Waals surface area contributed by atoms with Gasteiger partial charge in [-0.25, -0.2) is 0 Å². The van der Waals surface area contributed by atoms with Crippen LogP contribution in [0.4, 0.5) is 0 Å². The molecule has 0 spiro atoms. The van der Waals surface area contributed by atoms with E-state index in [9.17, 15) is 5.11 Å². The van der Waals surface area contributed by atoms with Crippen molar-refractivity contribution >= 4 is 10.9 Å². The summed E-state index contributed by atoms with van der Waals surface area (Å²) in [6.07, 6.45) is 2.98. The fourth-order valence-electron chi connectivity index (χ4n) is 1.98. The van der Waals surface area contributed by atoms with Gasteiger partial charge in [-0.1, -0.05) is 0 Å². The van der Waals surface area contributed by atoms with Gasteiger partial charge < -0.3 is 15.4 Å². The molecule has 0 unspecified atom stereocenters. The van der Waals surface area contributed by atoms with E-state index in [1.54, 1.807) is 6.07 Å². The van der Waals surface area contributed by atoms with Crippen molar-refractivity contribution in [1.82, 2.24) is 4.57 Å². The van der Waals surface area contributed by atoms with Crippen molar-refractivity contribution in [2.24, 2.45) is 5.73 Å². The maximum absolute atomic E-state index is 9.46. The first kappa shape index (κ1) is 10.1. The first-order chi connectivity index (χ1) is 7.26. The number of hydrogen-bond donors (Lipinski definition) is 2. The summed E-state index contributed by atoms with van der Waals surface area (Å²) >= 11 is 0. The standard InChI is InChI=1S/C12H16N2O/c1-2-14-8-9(5-6-13)11-7-10(15)3-4-12(11)14/h3-4,7-8,15H,2,5-6,13H2,1H3. The maximum atomic E-state index is 9.46. The molecule has 2 aromatic rings. The molecule has 3 nitrogen and oxygen atoms in total. The molecule has 15 heavy (non-hydrogen) atoms. The van der Waals surface area contributed by atoms with Crippen LogP contribution in [0.3, 0.4) is 0 Å². The molecule has 0 saturated carbocycles. The second-order valence-electron chi connectivity index (χ2n) is 3.68. The van der Waals surface area contributed by atoms with Crippen LogP contribution in [0.2, 0.25) is 0 Å². The van der Waals surface area contributed by atoms with Crippen LogP contribution in [0.1, 0.15) is 12.5 Å². The lowest BCUT2D eigenvalue weighted by Crippen LogP contribution is -2.02. The Balaban J connectivity index is 2.64. The number of aromatic hydroxyl groups is 1. The molecule has 0 aliphatic rings. The maximum Gasteiger partial charge on any atom is 0.116 e. The SMILES string of the molecule is CCn1cc(CCN)c2cc(O)ccc21. The van der Waals surface area contributed by atoms with Crippen LogP contribution in [0.5, 0.6) is 5.75 Å². The monoisotopic (exact) mass is 204 g/mol. The van der Waals surface area contributed by atoms with Crippen LogP contribution in [0.25, 0.3) is 10.9 Å². The van der Waals surface area contributed by atoms with Crippen molar-refractivity contribution in [2.45, 2.75) is 19.9 Å². The van der Waals surface area contributed by atoms with E-state index >= 15 is 0 Å². The van der Waals surface area contributed by atoms with Crippen molar-refractivity contribution in [3.05, 3.63) is 30.0 Å². The summed E-state index contributed by atoms with van der Waals surface area (Å²) in [5.41, 5.74) is 7.95. The Morgan fingerprint density at radius 3 is 2.87 bits per heavy atom. The van der Waals surface area contributed by atoms with E-state index in [4.69, 9.17) is 5.73 Å². The minimum absolute atomic E-state index is 0.314. The molecule has 0 radical (unpaired) electrons. The highest BCUT2D eigenvalue weighted by Gasteiger charge is 2.07. The van der Waals surface area contributed by atoms with Crippen LogP contribution in [-0.2, 0) is 13.0 Å². The lowest BCUT2D eigenvalue weighted by molar-refractivity contribution is 0.476. The number of rotatable bonds is 3. The first-order valence-electron chi connectivity index (χ1n) is 5.27. The third kappa shape index (κ3) is 1.70. The van der Waals surface area contributed by atoms with E-state index < -0.39 is 0 Å². The van der Waals surface area contributed by atoms with Crippen LogP contribution in [0, 0.1) is 0 Å². The summed E-state index contributed by atoms with van der Waals surface area (Å²) in [5.74, 6) is 0.314. The van der Waals surface area contributed by atoms with E-state index in [2.05, 4.69) is 17.7 Å². The summed E-state index contributed by atoms with van der Waals surface area (Å²) in [6, 6.07) is 5.49. The summed E-state index contributed by atoms with van der Waals surface area (Å²) in [6.45, 7) is 3.68. The van der Waals surface area contributed by atoms with E-state index in [-0.39, 0.29) is 0 Å². The van der Waals surface area contributed by atoms with E-state index in [0.717, 1.165) is 18.4 Å². The molecule has 0 aliphatic carbocycles. The molecule has 3 N–H and O–H groups in total. The molecule has 1 heterocycles. The average molecular weight is 204 g/mol. The fraction of sp³-hybridized carbons (Fsp3) is 0.333. The average Bonchev–Trinajstić information content (AvgIpc) is 2.57. The smallest absolute Gasteiger partial charge is 0.116 e. The van der Waals surface area contributed by atoms with Crippen LogP contribution in [-0.4, -0.2) is 16.2 Å². The molecular formula is C12H16N2O. The lowest BCUT2D eigenvalue weighted by atomic mass is 10.1. The zero-order valence-corrected chi connectivity index (χ0v) is 8.90. The van der Waals surface area contributed by atoms with E-state index in [0.29, 0.717) is 12.3 Å². The molecule has 3 heteroatoms. The van der Waals surface area contributed by atoms with Gasteiger partial charge in [0.15, 0.2) is 0 Å². The number of fused-ring (bicyclic) bond motifs is 1. The summed E-state index contributed by atoms with van der Waals surface area (Å²) < 4.78 is 2.18. The molecule has 0 bridgehead atoms. The highest BCUT2D eigenvalue weighted by molar-refractivity contribution is 5.85. The van der Waals surface area contributed by atoms with Crippen LogP contribution < -0.4 is 5.73 Å². The van der Waals surface area contributed by atoms with Gasteiger partial charge in [0.25, 0.3) is 0 Å². The predicted octanol–water partition coefficient (Wildman–Crippen LogP) is 1.87. The number of nitrogens with two attached hydrogens (primary N) is 1. The Kier molecular flexibility index (Phi) is 2.64. The van der Waals surface area contributed by atoms with Crippen molar-refractivity contribution in [3.8, 4) is 5.75 Å². The van der Waals surface area contributed by atoms with Gasteiger partial charge in [-0.2, -0.15) is 0 Å². The highest BCUT2D eigenvalue weighted by Crippen LogP contribution is 2.25. The van der Waals surface area contributed by atoms with E-state index in [1.807, 2.05) is 12.1 Å². The topological polar surface area (TPSA) is 51.2 Å². The summed E-state index contributed by atoms with van der Waals surface area (Å²) in [7, 11) is 0. The lowest BCUT2D eigenvalue weighted by Gasteiger charge is -1.99. The Morgan fingerprint density at radius 2 is 2.20 bits per heavy atom. The zero-order valence-electron chi connectivity index (χ0n) is 8.90. The van der Waals surface area contributed by atoms with Gasteiger partial charge in [-0.15, -0.1) is 0 Å². The molecule has 0 fully saturated rings. The van der Waals surface area contributed by atoms with Gasteiger partial charge in [-0.05, 0) is 43.7 Å². The number of nitrogens with zero attached hydrogens (tertiary/aromatic N) is 1.